The summed E-state index contributed by atoms with van der Waals surface area (Å²) in [6.07, 6.45) is 2.40. The molecule has 1 aromatic carbocycles. The first kappa shape index (κ1) is 10.2. The zero-order valence-corrected chi connectivity index (χ0v) is 8.87. The van der Waals surface area contributed by atoms with E-state index in [1.54, 1.807) is 6.20 Å². The van der Waals surface area contributed by atoms with Crippen molar-refractivity contribution in [3.63, 3.8) is 0 Å². The van der Waals surface area contributed by atoms with Crippen LogP contribution in [0.1, 0.15) is 5.76 Å². The van der Waals surface area contributed by atoms with Crippen molar-refractivity contribution in [2.45, 2.75) is 6.42 Å². The van der Waals surface area contributed by atoms with Crippen LogP contribution in [0, 0.1) is 0 Å². The largest absolute Gasteiger partial charge is 0.361 e. The number of nitrogens with two attached hydrogens (primary N) is 1. The van der Waals surface area contributed by atoms with Gasteiger partial charge in [0.15, 0.2) is 0 Å². The van der Waals surface area contributed by atoms with Gasteiger partial charge in [0.2, 0.25) is 0 Å². The van der Waals surface area contributed by atoms with E-state index >= 15 is 0 Å². The number of halogens is 1. The standard InChI is InChI=1S/C11H11ClN2O/c12-9-3-1-8(2-4-9)10-7-14-15-11(10)5-6-13/h1-4,7H,5-6,13H2. The van der Waals surface area contributed by atoms with Crippen LogP contribution >= 0.6 is 11.6 Å². The first-order valence-electron chi connectivity index (χ1n) is 4.71. The van der Waals surface area contributed by atoms with E-state index < -0.39 is 0 Å². The number of aromatic nitrogens is 1. The fourth-order valence-corrected chi connectivity index (χ4v) is 1.57. The van der Waals surface area contributed by atoms with E-state index in [0.29, 0.717) is 13.0 Å². The summed E-state index contributed by atoms with van der Waals surface area (Å²) >= 11 is 5.81. The number of rotatable bonds is 3. The Morgan fingerprint density at radius 2 is 2.00 bits per heavy atom. The van der Waals surface area contributed by atoms with Crippen LogP contribution in [-0.4, -0.2) is 11.7 Å². The molecule has 0 saturated carbocycles. The first-order chi connectivity index (χ1) is 7.31. The zero-order chi connectivity index (χ0) is 10.7. The van der Waals surface area contributed by atoms with E-state index in [1.807, 2.05) is 24.3 Å². The molecule has 0 spiro atoms. The van der Waals surface area contributed by atoms with Crippen LogP contribution in [0.5, 0.6) is 0 Å². The molecular formula is C11H11ClN2O. The average molecular weight is 223 g/mol. The van der Waals surface area contributed by atoms with Gasteiger partial charge in [0.25, 0.3) is 0 Å². The number of hydrogen-bond donors (Lipinski definition) is 1. The van der Waals surface area contributed by atoms with Crippen LogP contribution in [0.3, 0.4) is 0 Å². The lowest BCUT2D eigenvalue weighted by Gasteiger charge is -1.99. The second-order valence-electron chi connectivity index (χ2n) is 3.21. The van der Waals surface area contributed by atoms with Crippen LogP contribution in [0.4, 0.5) is 0 Å². The van der Waals surface area contributed by atoms with Gasteiger partial charge in [-0.3, -0.25) is 0 Å². The predicted molar refractivity (Wildman–Crippen MR) is 59.7 cm³/mol. The van der Waals surface area contributed by atoms with Crippen LogP contribution in [-0.2, 0) is 6.42 Å². The lowest BCUT2D eigenvalue weighted by atomic mass is 10.1. The third-order valence-corrected chi connectivity index (χ3v) is 2.42. The quantitative estimate of drug-likeness (QED) is 0.868. The van der Waals surface area contributed by atoms with Gasteiger partial charge >= 0.3 is 0 Å². The van der Waals surface area contributed by atoms with E-state index in [0.717, 1.165) is 21.9 Å². The van der Waals surface area contributed by atoms with E-state index in [9.17, 15) is 0 Å². The number of hydrogen-bond acceptors (Lipinski definition) is 3. The molecule has 2 aromatic rings. The first-order valence-corrected chi connectivity index (χ1v) is 5.08. The highest BCUT2D eigenvalue weighted by Crippen LogP contribution is 2.25. The molecule has 0 aliphatic rings. The Hall–Kier alpha value is -1.32. The van der Waals surface area contributed by atoms with Crippen LogP contribution < -0.4 is 5.73 Å². The highest BCUT2D eigenvalue weighted by Gasteiger charge is 2.08. The average Bonchev–Trinajstić information content (AvgIpc) is 2.68. The maximum absolute atomic E-state index is 5.81. The summed E-state index contributed by atoms with van der Waals surface area (Å²) in [6, 6.07) is 7.57. The maximum Gasteiger partial charge on any atom is 0.145 e. The van der Waals surface area contributed by atoms with Crippen molar-refractivity contribution < 1.29 is 4.52 Å². The van der Waals surface area contributed by atoms with Crippen molar-refractivity contribution in [2.24, 2.45) is 5.73 Å². The Bertz CT molecular complexity index is 436. The van der Waals surface area contributed by atoms with Gasteiger partial charge in [-0.15, -0.1) is 0 Å². The maximum atomic E-state index is 5.81. The molecule has 4 heteroatoms. The van der Waals surface area contributed by atoms with Crippen LogP contribution in [0.2, 0.25) is 5.02 Å². The fraction of sp³-hybridized carbons (Fsp3) is 0.182. The molecule has 0 bridgehead atoms. The van der Waals surface area contributed by atoms with Crippen molar-refractivity contribution >= 4 is 11.6 Å². The Kier molecular flexibility index (Phi) is 3.04. The Labute approximate surface area is 92.8 Å². The minimum atomic E-state index is 0.551. The summed E-state index contributed by atoms with van der Waals surface area (Å²) in [6.45, 7) is 0.551. The lowest BCUT2D eigenvalue weighted by molar-refractivity contribution is 0.385. The minimum Gasteiger partial charge on any atom is -0.361 e. The molecule has 0 radical (unpaired) electrons. The van der Waals surface area contributed by atoms with Crippen LogP contribution in [0.15, 0.2) is 35.0 Å². The molecule has 0 saturated heterocycles. The molecule has 2 N–H and O–H groups in total. The third kappa shape index (κ3) is 2.19. The zero-order valence-electron chi connectivity index (χ0n) is 8.11. The summed E-state index contributed by atoms with van der Waals surface area (Å²) in [7, 11) is 0. The smallest absolute Gasteiger partial charge is 0.145 e. The predicted octanol–water partition coefficient (Wildman–Crippen LogP) is 2.50. The van der Waals surface area contributed by atoms with E-state index in [1.165, 1.54) is 0 Å². The minimum absolute atomic E-state index is 0.551. The van der Waals surface area contributed by atoms with Crippen LogP contribution in [0.25, 0.3) is 11.1 Å². The topological polar surface area (TPSA) is 52.0 Å². The van der Waals surface area contributed by atoms with E-state index in [2.05, 4.69) is 5.16 Å². The molecule has 15 heavy (non-hydrogen) atoms. The molecular weight excluding hydrogens is 212 g/mol. The monoisotopic (exact) mass is 222 g/mol. The molecule has 1 heterocycles. The van der Waals surface area contributed by atoms with Gasteiger partial charge in [-0.05, 0) is 24.2 Å². The summed E-state index contributed by atoms with van der Waals surface area (Å²) < 4.78 is 5.13. The molecule has 0 fully saturated rings. The van der Waals surface area contributed by atoms with Gasteiger partial charge in [-0.25, -0.2) is 0 Å². The molecule has 1 aromatic heterocycles. The summed E-state index contributed by atoms with van der Waals surface area (Å²) in [5.41, 5.74) is 7.51. The molecule has 0 atom stereocenters. The molecule has 0 unspecified atom stereocenters. The van der Waals surface area contributed by atoms with E-state index in [-0.39, 0.29) is 0 Å². The van der Waals surface area contributed by atoms with Gasteiger partial charge < -0.3 is 10.3 Å². The van der Waals surface area contributed by atoms with Crippen molar-refractivity contribution in [3.05, 3.63) is 41.2 Å². The SMILES string of the molecule is NCCc1oncc1-c1ccc(Cl)cc1. The van der Waals surface area contributed by atoms with Crippen molar-refractivity contribution in [2.75, 3.05) is 6.54 Å². The molecule has 0 amide bonds. The van der Waals surface area contributed by atoms with Gasteiger partial charge in [-0.2, -0.15) is 0 Å². The Morgan fingerprint density at radius 3 is 2.67 bits per heavy atom. The number of benzene rings is 1. The van der Waals surface area contributed by atoms with Crippen molar-refractivity contribution in [1.29, 1.82) is 0 Å². The van der Waals surface area contributed by atoms with Gasteiger partial charge in [-0.1, -0.05) is 28.9 Å². The summed E-state index contributed by atoms with van der Waals surface area (Å²) in [5, 5.41) is 4.49. The van der Waals surface area contributed by atoms with Crippen molar-refractivity contribution in [3.8, 4) is 11.1 Å². The summed E-state index contributed by atoms with van der Waals surface area (Å²) in [4.78, 5) is 0. The molecule has 0 aliphatic heterocycles. The Morgan fingerprint density at radius 1 is 1.27 bits per heavy atom. The normalized spacial score (nSPS) is 10.5. The second kappa shape index (κ2) is 4.47. The second-order valence-corrected chi connectivity index (χ2v) is 3.64. The third-order valence-electron chi connectivity index (χ3n) is 2.17. The highest BCUT2D eigenvalue weighted by molar-refractivity contribution is 6.30. The fourth-order valence-electron chi connectivity index (χ4n) is 1.44. The van der Waals surface area contributed by atoms with Gasteiger partial charge in [0.05, 0.1) is 6.20 Å². The molecule has 0 aliphatic carbocycles. The highest BCUT2D eigenvalue weighted by atomic mass is 35.5. The molecule has 2 rings (SSSR count). The van der Waals surface area contributed by atoms with Gasteiger partial charge in [0.1, 0.15) is 5.76 Å². The molecule has 3 nitrogen and oxygen atoms in total. The van der Waals surface area contributed by atoms with Crippen molar-refractivity contribution in [1.82, 2.24) is 5.16 Å². The molecule has 78 valence electrons. The van der Waals surface area contributed by atoms with Gasteiger partial charge in [0, 0.05) is 17.0 Å². The lowest BCUT2D eigenvalue weighted by Crippen LogP contribution is -2.02. The number of nitrogens with zero attached hydrogens (tertiary/aromatic N) is 1. The summed E-state index contributed by atoms with van der Waals surface area (Å²) in [5.74, 6) is 0.819. The van der Waals surface area contributed by atoms with E-state index in [4.69, 9.17) is 21.9 Å². The Balaban J connectivity index is 2.36.